The molecule has 0 atom stereocenters. The largest absolute Gasteiger partial charge is 0.0836 e. The number of hydrogen-bond donors (Lipinski definition) is 0. The molecule has 0 saturated carbocycles. The lowest BCUT2D eigenvalue weighted by Gasteiger charge is -2.36. The van der Waals surface area contributed by atoms with E-state index in [9.17, 15) is 0 Å². The predicted octanol–water partition coefficient (Wildman–Crippen LogP) is 4.04. The second-order valence-electron chi connectivity index (χ2n) is 5.36. The third-order valence-corrected chi connectivity index (χ3v) is 8.79. The van der Waals surface area contributed by atoms with Crippen LogP contribution < -0.4 is 5.19 Å². The molecule has 0 amide bonds. The van der Waals surface area contributed by atoms with Crippen LogP contribution in [0.5, 0.6) is 0 Å². The molecule has 86 valence electrons. The minimum atomic E-state index is -0.997. The maximum absolute atomic E-state index is 2.52. The lowest BCUT2D eigenvalue weighted by molar-refractivity contribution is 0.917. The molecular weight excluding hydrogens is 220 g/mol. The minimum absolute atomic E-state index is 0.997. The molecule has 0 spiro atoms. The van der Waals surface area contributed by atoms with Gasteiger partial charge in [0.2, 0.25) is 0 Å². The van der Waals surface area contributed by atoms with Crippen LogP contribution in [0.1, 0.15) is 6.42 Å². The lowest BCUT2D eigenvalue weighted by Crippen LogP contribution is -2.50. The zero-order valence-electron chi connectivity index (χ0n) is 10.3. The number of benzene rings is 2. The van der Waals surface area contributed by atoms with E-state index < -0.39 is 8.07 Å². The highest BCUT2D eigenvalue weighted by Crippen LogP contribution is 2.32. The molecule has 1 saturated heterocycles. The van der Waals surface area contributed by atoms with Gasteiger partial charge < -0.3 is 0 Å². The van der Waals surface area contributed by atoms with E-state index in [1.165, 1.54) is 29.6 Å². The average molecular weight is 238 g/mol. The normalized spacial score (nSPS) is 17.5. The summed E-state index contributed by atoms with van der Waals surface area (Å²) in [7, 11) is -0.997. The van der Waals surface area contributed by atoms with Gasteiger partial charge in [-0.05, 0) is 11.1 Å². The van der Waals surface area contributed by atoms with Gasteiger partial charge in [-0.15, -0.1) is 0 Å². The Morgan fingerprint density at radius 3 is 1.88 bits per heavy atom. The summed E-state index contributed by atoms with van der Waals surface area (Å²) in [6.07, 6.45) is 1.45. The van der Waals surface area contributed by atoms with Crippen molar-refractivity contribution < 1.29 is 0 Å². The van der Waals surface area contributed by atoms with Gasteiger partial charge in [-0.2, -0.15) is 0 Å². The van der Waals surface area contributed by atoms with Crippen LogP contribution in [0.2, 0.25) is 18.6 Å². The van der Waals surface area contributed by atoms with Crippen molar-refractivity contribution in [2.24, 2.45) is 0 Å². The van der Waals surface area contributed by atoms with Gasteiger partial charge in [0, 0.05) is 0 Å². The Morgan fingerprint density at radius 1 is 0.765 bits per heavy atom. The average Bonchev–Trinajstić information content (AvgIpc) is 2.37. The Kier molecular flexibility index (Phi) is 2.64. The molecule has 3 rings (SSSR count). The molecule has 1 aliphatic rings. The van der Waals surface area contributed by atoms with Gasteiger partial charge in [0.15, 0.2) is 0 Å². The highest BCUT2D eigenvalue weighted by atomic mass is 28.3. The van der Waals surface area contributed by atoms with Crippen molar-refractivity contribution in [1.82, 2.24) is 0 Å². The van der Waals surface area contributed by atoms with Crippen LogP contribution in [0.15, 0.2) is 54.6 Å². The molecule has 0 bridgehead atoms. The fourth-order valence-electron chi connectivity index (χ4n) is 2.69. The maximum atomic E-state index is 2.52. The number of hydrogen-bond acceptors (Lipinski definition) is 0. The van der Waals surface area contributed by atoms with E-state index >= 15 is 0 Å². The Labute approximate surface area is 104 Å². The molecule has 1 heteroatoms. The van der Waals surface area contributed by atoms with Crippen molar-refractivity contribution in [2.75, 3.05) is 0 Å². The Hall–Kier alpha value is -1.34. The molecule has 0 aliphatic carbocycles. The molecule has 0 unspecified atom stereocenters. The first-order valence-electron chi connectivity index (χ1n) is 6.44. The summed E-state index contributed by atoms with van der Waals surface area (Å²) in [6, 6.07) is 22.9. The van der Waals surface area contributed by atoms with Crippen LogP contribution in [0, 0.1) is 0 Å². The molecule has 0 aromatic heterocycles. The second-order valence-corrected chi connectivity index (χ2v) is 10.1. The van der Waals surface area contributed by atoms with Gasteiger partial charge in [0.05, 0.1) is 8.07 Å². The second kappa shape index (κ2) is 4.15. The minimum Gasteiger partial charge on any atom is -0.0652 e. The smallest absolute Gasteiger partial charge is 0.0652 e. The summed E-state index contributed by atoms with van der Waals surface area (Å²) in [5.74, 6) is 0. The predicted molar refractivity (Wildman–Crippen MR) is 77.4 cm³/mol. The van der Waals surface area contributed by atoms with E-state index in [1.54, 1.807) is 5.19 Å². The first-order chi connectivity index (χ1) is 8.28. The van der Waals surface area contributed by atoms with Gasteiger partial charge >= 0.3 is 0 Å². The van der Waals surface area contributed by atoms with Crippen molar-refractivity contribution >= 4 is 13.3 Å². The zero-order valence-corrected chi connectivity index (χ0v) is 11.3. The highest BCUT2D eigenvalue weighted by molar-refractivity contribution is 6.92. The van der Waals surface area contributed by atoms with Crippen LogP contribution in [-0.4, -0.2) is 8.07 Å². The van der Waals surface area contributed by atoms with Gasteiger partial charge in [0.25, 0.3) is 0 Å². The Bertz CT molecular complexity index is 495. The molecule has 0 nitrogen and oxygen atoms in total. The summed E-state index contributed by atoms with van der Waals surface area (Å²) >= 11 is 0. The van der Waals surface area contributed by atoms with Crippen molar-refractivity contribution in [1.29, 1.82) is 0 Å². The Balaban J connectivity index is 1.90. The SMILES string of the molecule is C[Si]1(c2ccc(-c3ccccc3)cc2)CCC1. The summed E-state index contributed by atoms with van der Waals surface area (Å²) in [4.78, 5) is 0. The fourth-order valence-corrected chi connectivity index (χ4v) is 5.65. The molecule has 2 aromatic rings. The van der Waals surface area contributed by atoms with Crippen molar-refractivity contribution in [3.05, 3.63) is 54.6 Å². The third kappa shape index (κ3) is 1.95. The Morgan fingerprint density at radius 2 is 1.35 bits per heavy atom. The van der Waals surface area contributed by atoms with Gasteiger partial charge in [-0.1, -0.05) is 84.8 Å². The molecule has 0 radical (unpaired) electrons. The monoisotopic (exact) mass is 238 g/mol. The van der Waals surface area contributed by atoms with E-state index in [1.807, 2.05) is 0 Å². The molecular formula is C16H18Si. The fraction of sp³-hybridized carbons (Fsp3) is 0.250. The first kappa shape index (κ1) is 10.8. The third-order valence-electron chi connectivity index (χ3n) is 4.15. The molecule has 2 aromatic carbocycles. The molecule has 17 heavy (non-hydrogen) atoms. The summed E-state index contributed by atoms with van der Waals surface area (Å²) < 4.78 is 0. The summed E-state index contributed by atoms with van der Waals surface area (Å²) in [6.45, 7) is 2.52. The van der Waals surface area contributed by atoms with Crippen LogP contribution in [-0.2, 0) is 0 Å². The van der Waals surface area contributed by atoms with Crippen LogP contribution in [0.3, 0.4) is 0 Å². The first-order valence-corrected chi connectivity index (χ1v) is 9.35. The van der Waals surface area contributed by atoms with E-state index in [-0.39, 0.29) is 0 Å². The molecule has 1 fully saturated rings. The molecule has 0 N–H and O–H groups in total. The van der Waals surface area contributed by atoms with Gasteiger partial charge in [-0.25, -0.2) is 0 Å². The summed E-state index contributed by atoms with van der Waals surface area (Å²) in [5, 5.41) is 1.64. The van der Waals surface area contributed by atoms with Crippen LogP contribution in [0.25, 0.3) is 11.1 Å². The lowest BCUT2D eigenvalue weighted by atomic mass is 10.1. The molecule has 1 heterocycles. The maximum Gasteiger partial charge on any atom is 0.0836 e. The van der Waals surface area contributed by atoms with Gasteiger partial charge in [0.1, 0.15) is 0 Å². The van der Waals surface area contributed by atoms with E-state index in [2.05, 4.69) is 61.1 Å². The van der Waals surface area contributed by atoms with E-state index in [0.717, 1.165) is 0 Å². The molecule has 1 aliphatic heterocycles. The summed E-state index contributed by atoms with van der Waals surface area (Å²) in [5.41, 5.74) is 2.66. The topological polar surface area (TPSA) is 0 Å². The van der Waals surface area contributed by atoms with E-state index in [4.69, 9.17) is 0 Å². The standard InChI is InChI=1S/C16H18Si/c1-17(12-5-13-17)16-10-8-15(9-11-16)14-6-3-2-4-7-14/h2-4,6-11H,5,12-13H2,1H3. The van der Waals surface area contributed by atoms with Gasteiger partial charge in [-0.3, -0.25) is 0 Å². The van der Waals surface area contributed by atoms with Crippen molar-refractivity contribution in [3.8, 4) is 11.1 Å². The number of rotatable bonds is 2. The van der Waals surface area contributed by atoms with Crippen LogP contribution in [0.4, 0.5) is 0 Å². The van der Waals surface area contributed by atoms with Crippen LogP contribution >= 0.6 is 0 Å². The van der Waals surface area contributed by atoms with Crippen molar-refractivity contribution in [2.45, 2.75) is 25.1 Å². The zero-order chi connectivity index (χ0) is 11.7. The quantitative estimate of drug-likeness (QED) is 0.693. The van der Waals surface area contributed by atoms with Crippen molar-refractivity contribution in [3.63, 3.8) is 0 Å². The van der Waals surface area contributed by atoms with E-state index in [0.29, 0.717) is 0 Å². The highest BCUT2D eigenvalue weighted by Gasteiger charge is 2.35.